The predicted octanol–water partition coefficient (Wildman–Crippen LogP) is 1.72. The average Bonchev–Trinajstić information content (AvgIpc) is 1.82. The zero-order valence-electron chi connectivity index (χ0n) is 4.89. The molecule has 1 N–H and O–H groups in total. The second-order valence-corrected chi connectivity index (χ2v) is 5.15. The van der Waals surface area contributed by atoms with Gasteiger partial charge in [0.05, 0.1) is 6.04 Å². The summed E-state index contributed by atoms with van der Waals surface area (Å²) in [5.41, 5.74) is 1.08. The van der Waals surface area contributed by atoms with Gasteiger partial charge in [0.25, 0.3) is 0 Å². The van der Waals surface area contributed by atoms with E-state index >= 15 is 0 Å². The topological polar surface area (TPSA) is 12.0 Å². The van der Waals surface area contributed by atoms with Crippen LogP contribution in [0.3, 0.4) is 0 Å². The van der Waals surface area contributed by atoms with E-state index in [2.05, 4.69) is 53.7 Å². The minimum Gasteiger partial charge on any atom is -0.281 e. The van der Waals surface area contributed by atoms with Gasteiger partial charge in [-0.2, -0.15) is 0 Å². The van der Waals surface area contributed by atoms with E-state index in [0.29, 0.717) is 0 Å². The van der Waals surface area contributed by atoms with Crippen LogP contribution in [0.5, 0.6) is 0 Å². The van der Waals surface area contributed by atoms with E-state index in [1.54, 1.807) is 0 Å². The Morgan fingerprint density at radius 2 is 2.44 bits per heavy atom. The molecule has 1 saturated heterocycles. The fourth-order valence-corrected chi connectivity index (χ4v) is 1.66. The first kappa shape index (κ1) is 7.63. The molecule has 1 rings (SSSR count). The van der Waals surface area contributed by atoms with Crippen LogP contribution in [0.15, 0.2) is 24.8 Å². The van der Waals surface area contributed by atoms with Crippen LogP contribution in [-0.2, 0) is 0 Å². The Hall–Kier alpha value is 0.520. The molecule has 0 amide bonds. The third-order valence-electron chi connectivity index (χ3n) is 1.38. The first-order valence-corrected chi connectivity index (χ1v) is 4.11. The number of thiol groups is 1. The molecule has 0 saturated carbocycles. The normalized spacial score (nSPS) is 42.0. The van der Waals surface area contributed by atoms with Crippen molar-refractivity contribution >= 4 is 35.2 Å². The Bertz CT molecular complexity index is 164. The highest BCUT2D eigenvalue weighted by Crippen LogP contribution is 2.39. The minimum atomic E-state index is -0.198. The number of alkyl halides is 1. The van der Waals surface area contributed by atoms with Crippen molar-refractivity contribution in [3.8, 4) is 0 Å². The van der Waals surface area contributed by atoms with Crippen molar-refractivity contribution in [1.82, 2.24) is 5.32 Å². The number of rotatable bonds is 1. The maximum atomic E-state index is 4.28. The van der Waals surface area contributed by atoms with E-state index < -0.39 is 0 Å². The fraction of sp³-hybridized carbons (Fsp3) is 0.333. The summed E-state index contributed by atoms with van der Waals surface area (Å²) < 4.78 is -0.198. The first-order valence-electron chi connectivity index (χ1n) is 2.59. The molecule has 0 spiro atoms. The van der Waals surface area contributed by atoms with Crippen molar-refractivity contribution in [2.75, 3.05) is 0 Å². The van der Waals surface area contributed by atoms with Gasteiger partial charge in [-0.15, -0.1) is 19.2 Å². The highest BCUT2D eigenvalue weighted by Gasteiger charge is 2.40. The van der Waals surface area contributed by atoms with E-state index in [9.17, 15) is 0 Å². The van der Waals surface area contributed by atoms with Gasteiger partial charge in [0.1, 0.15) is 2.88 Å². The molecular weight excluding hydrogens is 245 g/mol. The minimum absolute atomic E-state index is 0.198. The first-order chi connectivity index (χ1) is 4.08. The molecule has 0 aromatic rings. The Morgan fingerprint density at radius 1 is 1.89 bits per heavy atom. The van der Waals surface area contributed by atoms with E-state index in [4.69, 9.17) is 0 Å². The molecule has 9 heavy (non-hydrogen) atoms. The Morgan fingerprint density at radius 3 is 2.56 bits per heavy atom. The van der Waals surface area contributed by atoms with Crippen molar-refractivity contribution in [1.29, 1.82) is 0 Å². The second-order valence-electron chi connectivity index (χ2n) is 2.01. The molecule has 1 aliphatic rings. The summed E-state index contributed by atoms with van der Waals surface area (Å²) >= 11 is 6.48. The lowest BCUT2D eigenvalue weighted by molar-refractivity contribution is 0.524. The zero-order chi connectivity index (χ0) is 7.07. The molecule has 0 aliphatic carbocycles. The molecule has 0 aromatic carbocycles. The summed E-state index contributed by atoms with van der Waals surface area (Å²) in [6.45, 7) is 7.49. The van der Waals surface area contributed by atoms with Crippen molar-refractivity contribution in [2.24, 2.45) is 0 Å². The summed E-state index contributed by atoms with van der Waals surface area (Å²) in [4.78, 5) is 0. The van der Waals surface area contributed by atoms with Crippen LogP contribution in [0.25, 0.3) is 0 Å². The van der Waals surface area contributed by atoms with Gasteiger partial charge < -0.3 is 0 Å². The van der Waals surface area contributed by atoms with Crippen LogP contribution in [0.1, 0.15) is 0 Å². The largest absolute Gasteiger partial charge is 0.281 e. The van der Waals surface area contributed by atoms with Crippen molar-refractivity contribution in [2.45, 2.75) is 8.92 Å². The number of hydrogen-bond donors (Lipinski definition) is 2. The summed E-state index contributed by atoms with van der Waals surface area (Å²) in [5, 5.41) is 3.15. The van der Waals surface area contributed by atoms with Gasteiger partial charge in [-0.3, -0.25) is 5.32 Å². The molecule has 1 fully saturated rings. The third-order valence-corrected chi connectivity index (χ3v) is 2.80. The van der Waals surface area contributed by atoms with Crippen LogP contribution in [0.4, 0.5) is 0 Å². The molecule has 3 heteroatoms. The lowest BCUT2D eigenvalue weighted by atomic mass is 10.0. The molecule has 0 aromatic heterocycles. The van der Waals surface area contributed by atoms with Crippen molar-refractivity contribution < 1.29 is 0 Å². The van der Waals surface area contributed by atoms with Crippen LogP contribution in [0, 0.1) is 0 Å². The summed E-state index contributed by atoms with van der Waals surface area (Å²) in [7, 11) is 0. The second kappa shape index (κ2) is 2.29. The van der Waals surface area contributed by atoms with Crippen LogP contribution in [-0.4, -0.2) is 8.92 Å². The van der Waals surface area contributed by atoms with Crippen LogP contribution in [0.2, 0.25) is 0 Å². The van der Waals surface area contributed by atoms with Gasteiger partial charge in [0.15, 0.2) is 0 Å². The Kier molecular flexibility index (Phi) is 1.94. The van der Waals surface area contributed by atoms with Crippen molar-refractivity contribution in [3.05, 3.63) is 24.8 Å². The Labute approximate surface area is 74.1 Å². The molecule has 1 unspecified atom stereocenters. The quantitative estimate of drug-likeness (QED) is 0.238. The summed E-state index contributed by atoms with van der Waals surface area (Å²) in [5.74, 6) is 0. The number of hydrogen-bond acceptors (Lipinski definition) is 2. The van der Waals surface area contributed by atoms with Gasteiger partial charge in [-0.25, -0.2) is 0 Å². The Balaban J connectivity index is 2.61. The maximum absolute atomic E-state index is 4.28. The van der Waals surface area contributed by atoms with Gasteiger partial charge >= 0.3 is 0 Å². The molecular formula is C6H8INS. The summed E-state index contributed by atoms with van der Waals surface area (Å²) in [6.07, 6.45) is 1.83. The molecule has 1 aliphatic heterocycles. The lowest BCUT2D eigenvalue weighted by Gasteiger charge is -2.42. The predicted molar refractivity (Wildman–Crippen MR) is 52.0 cm³/mol. The molecule has 2 atom stereocenters. The van der Waals surface area contributed by atoms with Gasteiger partial charge in [-0.1, -0.05) is 12.7 Å². The third kappa shape index (κ3) is 1.18. The van der Waals surface area contributed by atoms with Gasteiger partial charge in [0, 0.05) is 0 Å². The van der Waals surface area contributed by atoms with E-state index in [0.717, 1.165) is 5.57 Å². The zero-order valence-corrected chi connectivity index (χ0v) is 7.95. The number of halogens is 1. The highest BCUT2D eigenvalue weighted by atomic mass is 127. The van der Waals surface area contributed by atoms with Gasteiger partial charge in [-0.05, 0) is 28.2 Å². The SMILES string of the molecule is C=CC1N[C@@](S)(I)C1=C. The smallest absolute Gasteiger partial charge is 0.138 e. The fourth-order valence-electron chi connectivity index (χ4n) is 0.715. The summed E-state index contributed by atoms with van der Waals surface area (Å²) in [6, 6.07) is 0.263. The molecule has 0 radical (unpaired) electrons. The van der Waals surface area contributed by atoms with E-state index in [1.165, 1.54) is 0 Å². The standard InChI is InChI=1S/C6H8INS/c1-3-5-4(2)6(7,9)8-5/h3,5,8-9H,1-2H2/t5?,6-/m0/s1. The molecule has 1 heterocycles. The van der Waals surface area contributed by atoms with Crippen molar-refractivity contribution in [3.63, 3.8) is 0 Å². The highest BCUT2D eigenvalue weighted by molar-refractivity contribution is 14.1. The molecule has 1 nitrogen and oxygen atoms in total. The van der Waals surface area contributed by atoms with Crippen LogP contribution < -0.4 is 5.32 Å². The van der Waals surface area contributed by atoms with E-state index in [-0.39, 0.29) is 8.92 Å². The van der Waals surface area contributed by atoms with Crippen LogP contribution >= 0.6 is 35.2 Å². The molecule has 0 bridgehead atoms. The molecule has 50 valence electrons. The van der Waals surface area contributed by atoms with Gasteiger partial charge in [0.2, 0.25) is 0 Å². The maximum Gasteiger partial charge on any atom is 0.138 e. The average molecular weight is 253 g/mol. The number of nitrogens with one attached hydrogen (secondary N) is 1. The monoisotopic (exact) mass is 253 g/mol. The van der Waals surface area contributed by atoms with E-state index in [1.807, 2.05) is 6.08 Å². The lowest BCUT2D eigenvalue weighted by Crippen LogP contribution is -2.57.